The van der Waals surface area contributed by atoms with E-state index >= 15 is 0 Å². The van der Waals surface area contributed by atoms with Crippen molar-refractivity contribution in [3.8, 4) is 17.3 Å². The molecule has 0 saturated heterocycles. The number of hydrogen-bond acceptors (Lipinski definition) is 5. The van der Waals surface area contributed by atoms with Crippen LogP contribution in [0, 0.1) is 12.7 Å². The second-order valence-corrected chi connectivity index (χ2v) is 8.90. The van der Waals surface area contributed by atoms with Crippen molar-refractivity contribution in [2.75, 3.05) is 13.2 Å². The Hall–Kier alpha value is -2.74. The Kier molecular flexibility index (Phi) is 9.21. The maximum Gasteiger partial charge on any atom is 0.227 e. The van der Waals surface area contributed by atoms with Gasteiger partial charge in [-0.05, 0) is 70.5 Å². The van der Waals surface area contributed by atoms with Crippen molar-refractivity contribution in [1.82, 2.24) is 14.7 Å². The zero-order valence-electron chi connectivity index (χ0n) is 20.7. The van der Waals surface area contributed by atoms with E-state index in [1.807, 2.05) is 51.1 Å². The highest BCUT2D eigenvalue weighted by Gasteiger charge is 2.25. The van der Waals surface area contributed by atoms with Gasteiger partial charge in [-0.15, -0.1) is 0 Å². The fourth-order valence-corrected chi connectivity index (χ4v) is 3.67. The quantitative estimate of drug-likeness (QED) is 0.380. The number of hydrogen-bond donors (Lipinski definition) is 1. The van der Waals surface area contributed by atoms with Crippen molar-refractivity contribution >= 4 is 0 Å². The molecule has 0 unspecified atom stereocenters. The zero-order valence-corrected chi connectivity index (χ0v) is 20.7. The second-order valence-electron chi connectivity index (χ2n) is 8.90. The lowest BCUT2D eigenvalue weighted by atomic mass is 10.1. The fraction of sp³-hybridized carbons (Fsp3) is 0.444. The molecule has 184 valence electrons. The average Bonchev–Trinajstić information content (AvgIpc) is 3.13. The van der Waals surface area contributed by atoms with Gasteiger partial charge in [0, 0.05) is 19.1 Å². The van der Waals surface area contributed by atoms with Crippen LogP contribution in [0.3, 0.4) is 0 Å². The summed E-state index contributed by atoms with van der Waals surface area (Å²) in [4.78, 5) is 2.23. The summed E-state index contributed by atoms with van der Waals surface area (Å²) in [6, 6.07) is 16.0. The van der Waals surface area contributed by atoms with E-state index in [2.05, 4.69) is 18.7 Å². The van der Waals surface area contributed by atoms with Crippen molar-refractivity contribution in [1.29, 1.82) is 0 Å². The molecule has 34 heavy (non-hydrogen) atoms. The third-order valence-corrected chi connectivity index (χ3v) is 5.81. The monoisotopic (exact) mass is 469 g/mol. The molecule has 3 aromatic rings. The first kappa shape index (κ1) is 25.9. The minimum absolute atomic E-state index is 0.0637. The van der Waals surface area contributed by atoms with Crippen molar-refractivity contribution < 1.29 is 19.0 Å². The minimum Gasteiger partial charge on any atom is -0.439 e. The van der Waals surface area contributed by atoms with Crippen LogP contribution in [-0.2, 0) is 11.3 Å². The Bertz CT molecular complexity index is 1020. The Balaban J connectivity index is 1.95. The number of aryl methyl sites for hydroxylation is 1. The number of aliphatic hydroxyl groups excluding tert-OH is 1. The van der Waals surface area contributed by atoms with Crippen LogP contribution in [-0.4, -0.2) is 51.2 Å². The molecule has 0 aliphatic heterocycles. The molecule has 6 nitrogen and oxygen atoms in total. The van der Waals surface area contributed by atoms with Crippen LogP contribution >= 0.6 is 0 Å². The van der Waals surface area contributed by atoms with Crippen molar-refractivity contribution in [3.05, 3.63) is 71.7 Å². The molecule has 7 heteroatoms. The van der Waals surface area contributed by atoms with Crippen LogP contribution in [0.4, 0.5) is 4.39 Å². The van der Waals surface area contributed by atoms with Gasteiger partial charge in [-0.2, -0.15) is 5.10 Å². The van der Waals surface area contributed by atoms with Crippen molar-refractivity contribution in [2.45, 2.75) is 65.8 Å². The number of benzene rings is 2. The molecule has 0 radical (unpaired) electrons. The van der Waals surface area contributed by atoms with E-state index in [4.69, 9.17) is 14.6 Å². The summed E-state index contributed by atoms with van der Waals surface area (Å²) in [5, 5.41) is 15.4. The lowest BCUT2D eigenvalue weighted by Crippen LogP contribution is -2.40. The van der Waals surface area contributed by atoms with Gasteiger partial charge in [-0.3, -0.25) is 4.90 Å². The Morgan fingerprint density at radius 3 is 2.35 bits per heavy atom. The molecule has 0 amide bonds. The molecule has 0 fully saturated rings. The van der Waals surface area contributed by atoms with E-state index in [0.29, 0.717) is 24.7 Å². The first-order valence-corrected chi connectivity index (χ1v) is 11.9. The minimum atomic E-state index is -0.609. The largest absolute Gasteiger partial charge is 0.439 e. The molecule has 0 saturated carbocycles. The summed E-state index contributed by atoms with van der Waals surface area (Å²) in [6.45, 7) is 11.4. The molecular formula is C27H36FN3O3. The van der Waals surface area contributed by atoms with Gasteiger partial charge in [-0.1, -0.05) is 25.1 Å². The number of ether oxygens (including phenoxy) is 2. The van der Waals surface area contributed by atoms with Gasteiger partial charge in [0.05, 0.1) is 35.8 Å². The normalized spacial score (nSPS) is 13.4. The molecule has 2 atom stereocenters. The summed E-state index contributed by atoms with van der Waals surface area (Å²) >= 11 is 0. The number of aromatic nitrogens is 2. The number of para-hydroxylation sites is 1. The summed E-state index contributed by atoms with van der Waals surface area (Å²) < 4.78 is 27.2. The standard InChI is InChI=1S/C27H36FN3O3/c1-6-20(4)30(16-24(32)18-33-19(2)3)17-26-21(5)29-31(23-10-8-7-9-11-23)27(26)34-25-14-12-22(28)13-15-25/h7-15,19-20,24,32H,6,16-18H2,1-5H3/t20-,24+/m1/s1. The van der Waals surface area contributed by atoms with Crippen LogP contribution in [0.5, 0.6) is 11.6 Å². The Morgan fingerprint density at radius 2 is 1.74 bits per heavy atom. The SMILES string of the molecule is CC[C@@H](C)N(Cc1c(C)nn(-c2ccccc2)c1Oc1ccc(F)cc1)C[C@H](O)COC(C)C. The number of nitrogens with zero attached hydrogens (tertiary/aromatic N) is 3. The van der Waals surface area contributed by atoms with E-state index in [9.17, 15) is 9.50 Å². The molecule has 0 aliphatic rings. The van der Waals surface area contributed by atoms with Crippen LogP contribution in [0.15, 0.2) is 54.6 Å². The number of aliphatic hydroxyl groups is 1. The average molecular weight is 470 g/mol. The van der Waals surface area contributed by atoms with Gasteiger partial charge >= 0.3 is 0 Å². The van der Waals surface area contributed by atoms with Gasteiger partial charge in [0.1, 0.15) is 11.6 Å². The third kappa shape index (κ3) is 6.88. The summed E-state index contributed by atoms with van der Waals surface area (Å²) in [5.74, 6) is 0.789. The predicted octanol–water partition coefficient (Wildman–Crippen LogP) is 5.50. The van der Waals surface area contributed by atoms with E-state index in [-0.39, 0.29) is 24.6 Å². The van der Waals surface area contributed by atoms with Gasteiger partial charge < -0.3 is 14.6 Å². The first-order chi connectivity index (χ1) is 16.3. The maximum absolute atomic E-state index is 13.5. The van der Waals surface area contributed by atoms with Crippen LogP contribution in [0.1, 0.15) is 45.4 Å². The van der Waals surface area contributed by atoms with Gasteiger partial charge in [0.25, 0.3) is 0 Å². The molecule has 0 aliphatic carbocycles. The molecule has 1 N–H and O–H groups in total. The topological polar surface area (TPSA) is 59.8 Å². The van der Waals surface area contributed by atoms with E-state index in [1.165, 1.54) is 12.1 Å². The number of halogens is 1. The van der Waals surface area contributed by atoms with Crippen LogP contribution < -0.4 is 4.74 Å². The molecule has 2 aromatic carbocycles. The van der Waals surface area contributed by atoms with E-state index in [1.54, 1.807) is 16.8 Å². The maximum atomic E-state index is 13.5. The molecule has 0 bridgehead atoms. The highest BCUT2D eigenvalue weighted by Crippen LogP contribution is 2.32. The molecule has 1 aromatic heterocycles. The molecule has 0 spiro atoms. The predicted molar refractivity (Wildman–Crippen MR) is 132 cm³/mol. The zero-order chi connectivity index (χ0) is 24.7. The van der Waals surface area contributed by atoms with Crippen molar-refractivity contribution in [3.63, 3.8) is 0 Å². The van der Waals surface area contributed by atoms with Gasteiger partial charge in [0.2, 0.25) is 5.88 Å². The third-order valence-electron chi connectivity index (χ3n) is 5.81. The number of rotatable bonds is 12. The van der Waals surface area contributed by atoms with Crippen LogP contribution in [0.2, 0.25) is 0 Å². The summed E-state index contributed by atoms with van der Waals surface area (Å²) in [5.41, 5.74) is 2.63. The van der Waals surface area contributed by atoms with Gasteiger partial charge in [-0.25, -0.2) is 9.07 Å². The second kappa shape index (κ2) is 12.1. The first-order valence-electron chi connectivity index (χ1n) is 11.9. The highest BCUT2D eigenvalue weighted by molar-refractivity contribution is 5.43. The molecule has 1 heterocycles. The van der Waals surface area contributed by atoms with Crippen molar-refractivity contribution in [2.24, 2.45) is 0 Å². The Labute approximate surface area is 201 Å². The van der Waals surface area contributed by atoms with E-state index in [0.717, 1.165) is 23.4 Å². The lowest BCUT2D eigenvalue weighted by Gasteiger charge is -2.30. The smallest absolute Gasteiger partial charge is 0.227 e. The highest BCUT2D eigenvalue weighted by atomic mass is 19.1. The van der Waals surface area contributed by atoms with Gasteiger partial charge in [0.15, 0.2) is 0 Å². The molecule has 3 rings (SSSR count). The summed E-state index contributed by atoms with van der Waals surface area (Å²) in [7, 11) is 0. The Morgan fingerprint density at radius 1 is 1.06 bits per heavy atom. The summed E-state index contributed by atoms with van der Waals surface area (Å²) in [6.07, 6.45) is 0.383. The lowest BCUT2D eigenvalue weighted by molar-refractivity contribution is -0.0150. The molecular weight excluding hydrogens is 433 g/mol. The van der Waals surface area contributed by atoms with E-state index < -0.39 is 6.10 Å². The fourth-order valence-electron chi connectivity index (χ4n) is 3.67. The van der Waals surface area contributed by atoms with Crippen LogP contribution in [0.25, 0.3) is 5.69 Å².